The standard InChI is InChI=1S/C10H19NO/c12-11(9-5-1-2-6-9)10-7-3-4-8-10/h9-10,12H,1-8H2. The quantitative estimate of drug-likeness (QED) is 0.642. The molecule has 0 saturated heterocycles. The van der Waals surface area contributed by atoms with Crippen LogP contribution >= 0.6 is 0 Å². The van der Waals surface area contributed by atoms with Crippen molar-refractivity contribution in [3.8, 4) is 0 Å². The molecule has 0 aromatic rings. The van der Waals surface area contributed by atoms with Gasteiger partial charge in [0.25, 0.3) is 0 Å². The Morgan fingerprint density at radius 2 is 1.08 bits per heavy atom. The SMILES string of the molecule is ON(C1CCCC1)C1CCCC1. The molecule has 0 aromatic heterocycles. The third-order valence-electron chi connectivity index (χ3n) is 3.40. The van der Waals surface area contributed by atoms with E-state index in [0.717, 1.165) is 0 Å². The second-order valence-corrected chi connectivity index (χ2v) is 4.26. The van der Waals surface area contributed by atoms with Gasteiger partial charge in [-0.05, 0) is 25.7 Å². The van der Waals surface area contributed by atoms with E-state index in [0.29, 0.717) is 12.1 Å². The predicted molar refractivity (Wildman–Crippen MR) is 48.1 cm³/mol. The number of hydrogen-bond donors (Lipinski definition) is 1. The van der Waals surface area contributed by atoms with E-state index in [-0.39, 0.29) is 0 Å². The zero-order chi connectivity index (χ0) is 8.39. The molecule has 0 bridgehead atoms. The molecule has 2 aliphatic rings. The summed E-state index contributed by atoms with van der Waals surface area (Å²) in [6, 6.07) is 0.987. The minimum atomic E-state index is 0.494. The van der Waals surface area contributed by atoms with Crippen LogP contribution in [0.5, 0.6) is 0 Å². The molecule has 2 nitrogen and oxygen atoms in total. The van der Waals surface area contributed by atoms with Crippen LogP contribution in [0.1, 0.15) is 51.4 Å². The second kappa shape index (κ2) is 3.75. The lowest BCUT2D eigenvalue weighted by Gasteiger charge is -2.27. The van der Waals surface area contributed by atoms with Crippen LogP contribution in [0.3, 0.4) is 0 Å². The van der Waals surface area contributed by atoms with Crippen molar-refractivity contribution >= 4 is 0 Å². The van der Waals surface area contributed by atoms with Crippen molar-refractivity contribution in [2.45, 2.75) is 63.5 Å². The molecule has 70 valence electrons. The Balaban J connectivity index is 1.84. The van der Waals surface area contributed by atoms with E-state index in [1.807, 2.05) is 0 Å². The van der Waals surface area contributed by atoms with Gasteiger partial charge >= 0.3 is 0 Å². The van der Waals surface area contributed by atoms with E-state index in [1.165, 1.54) is 51.4 Å². The third kappa shape index (κ3) is 1.64. The summed E-state index contributed by atoms with van der Waals surface area (Å²) >= 11 is 0. The Bertz CT molecular complexity index is 121. The minimum Gasteiger partial charge on any atom is -0.313 e. The summed E-state index contributed by atoms with van der Waals surface area (Å²) in [5.74, 6) is 0. The van der Waals surface area contributed by atoms with Gasteiger partial charge in [0.05, 0.1) is 0 Å². The first-order valence-corrected chi connectivity index (χ1v) is 5.35. The van der Waals surface area contributed by atoms with E-state index < -0.39 is 0 Å². The van der Waals surface area contributed by atoms with Crippen LogP contribution < -0.4 is 0 Å². The average Bonchev–Trinajstić information content (AvgIpc) is 2.77. The molecule has 0 amide bonds. The van der Waals surface area contributed by atoms with Gasteiger partial charge in [-0.25, -0.2) is 0 Å². The molecule has 2 rings (SSSR count). The monoisotopic (exact) mass is 169 g/mol. The van der Waals surface area contributed by atoms with Crippen molar-refractivity contribution in [2.75, 3.05) is 0 Å². The maximum absolute atomic E-state index is 9.88. The van der Waals surface area contributed by atoms with Gasteiger partial charge in [0, 0.05) is 12.1 Å². The van der Waals surface area contributed by atoms with Gasteiger partial charge in [-0.15, -0.1) is 0 Å². The van der Waals surface area contributed by atoms with Gasteiger partial charge in [0.15, 0.2) is 0 Å². The lowest BCUT2D eigenvalue weighted by Crippen LogP contribution is -2.37. The molecule has 1 N–H and O–H groups in total. The third-order valence-corrected chi connectivity index (χ3v) is 3.40. The number of hydroxylamine groups is 2. The molecular weight excluding hydrogens is 150 g/mol. The molecule has 0 spiro atoms. The van der Waals surface area contributed by atoms with Gasteiger partial charge in [-0.1, -0.05) is 25.7 Å². The summed E-state index contributed by atoms with van der Waals surface area (Å²) in [6.45, 7) is 0. The molecule has 0 aromatic carbocycles. The molecule has 0 aliphatic heterocycles. The Morgan fingerprint density at radius 3 is 1.42 bits per heavy atom. The van der Waals surface area contributed by atoms with Crippen molar-refractivity contribution in [3.63, 3.8) is 0 Å². The van der Waals surface area contributed by atoms with Gasteiger partial charge < -0.3 is 5.21 Å². The fraction of sp³-hybridized carbons (Fsp3) is 1.00. The minimum absolute atomic E-state index is 0.494. The summed E-state index contributed by atoms with van der Waals surface area (Å²) in [5.41, 5.74) is 0. The maximum Gasteiger partial charge on any atom is 0.0353 e. The van der Waals surface area contributed by atoms with Crippen LogP contribution in [0.15, 0.2) is 0 Å². The lowest BCUT2D eigenvalue weighted by molar-refractivity contribution is -0.156. The maximum atomic E-state index is 9.88. The van der Waals surface area contributed by atoms with E-state index in [9.17, 15) is 5.21 Å². The normalized spacial score (nSPS) is 27.5. The van der Waals surface area contributed by atoms with Crippen LogP contribution in [-0.2, 0) is 0 Å². The lowest BCUT2D eigenvalue weighted by atomic mass is 10.1. The van der Waals surface area contributed by atoms with E-state index in [2.05, 4.69) is 0 Å². The molecule has 0 heterocycles. The van der Waals surface area contributed by atoms with E-state index in [1.54, 1.807) is 5.06 Å². The highest BCUT2D eigenvalue weighted by atomic mass is 16.5. The van der Waals surface area contributed by atoms with Crippen LogP contribution in [0.4, 0.5) is 0 Å². The topological polar surface area (TPSA) is 23.5 Å². The summed E-state index contributed by atoms with van der Waals surface area (Å²) in [6.07, 6.45) is 10.1. The van der Waals surface area contributed by atoms with Crippen molar-refractivity contribution in [1.82, 2.24) is 5.06 Å². The van der Waals surface area contributed by atoms with Gasteiger partial charge in [0.1, 0.15) is 0 Å². The average molecular weight is 169 g/mol. The number of rotatable bonds is 2. The first kappa shape index (κ1) is 8.52. The Morgan fingerprint density at radius 1 is 0.750 bits per heavy atom. The molecule has 0 radical (unpaired) electrons. The molecular formula is C10H19NO. The van der Waals surface area contributed by atoms with Crippen molar-refractivity contribution in [1.29, 1.82) is 0 Å². The first-order valence-electron chi connectivity index (χ1n) is 5.35. The zero-order valence-electron chi connectivity index (χ0n) is 7.71. The van der Waals surface area contributed by atoms with Gasteiger partial charge in [0.2, 0.25) is 0 Å². The molecule has 2 heteroatoms. The molecule has 0 atom stereocenters. The molecule has 2 aliphatic carbocycles. The molecule has 0 unspecified atom stereocenters. The fourth-order valence-electron chi connectivity index (χ4n) is 2.64. The summed E-state index contributed by atoms with van der Waals surface area (Å²) in [4.78, 5) is 0. The first-order chi connectivity index (χ1) is 5.88. The molecule has 2 fully saturated rings. The molecule has 2 saturated carbocycles. The summed E-state index contributed by atoms with van der Waals surface area (Å²) in [5, 5.41) is 11.6. The Kier molecular flexibility index (Phi) is 2.66. The predicted octanol–water partition coefficient (Wildman–Crippen LogP) is 2.56. The Hall–Kier alpha value is -0.0800. The van der Waals surface area contributed by atoms with Crippen LogP contribution in [0, 0.1) is 0 Å². The van der Waals surface area contributed by atoms with Crippen molar-refractivity contribution in [2.24, 2.45) is 0 Å². The molecule has 12 heavy (non-hydrogen) atoms. The van der Waals surface area contributed by atoms with Crippen molar-refractivity contribution < 1.29 is 5.21 Å². The highest BCUT2D eigenvalue weighted by molar-refractivity contribution is 4.80. The van der Waals surface area contributed by atoms with Crippen LogP contribution in [0.2, 0.25) is 0 Å². The Labute approximate surface area is 74.5 Å². The van der Waals surface area contributed by atoms with Gasteiger partial charge in [-0.2, -0.15) is 5.06 Å². The highest BCUT2D eigenvalue weighted by Gasteiger charge is 2.29. The number of nitrogens with zero attached hydrogens (tertiary/aromatic N) is 1. The second-order valence-electron chi connectivity index (χ2n) is 4.26. The number of hydrogen-bond acceptors (Lipinski definition) is 2. The zero-order valence-corrected chi connectivity index (χ0v) is 7.71. The van der Waals surface area contributed by atoms with Crippen LogP contribution in [-0.4, -0.2) is 22.4 Å². The summed E-state index contributed by atoms with van der Waals surface area (Å²) in [7, 11) is 0. The van der Waals surface area contributed by atoms with Gasteiger partial charge in [-0.3, -0.25) is 0 Å². The highest BCUT2D eigenvalue weighted by Crippen LogP contribution is 2.29. The van der Waals surface area contributed by atoms with E-state index >= 15 is 0 Å². The van der Waals surface area contributed by atoms with E-state index in [4.69, 9.17) is 0 Å². The smallest absolute Gasteiger partial charge is 0.0353 e. The van der Waals surface area contributed by atoms with Crippen molar-refractivity contribution in [3.05, 3.63) is 0 Å². The largest absolute Gasteiger partial charge is 0.313 e. The fourth-order valence-corrected chi connectivity index (χ4v) is 2.64. The summed E-state index contributed by atoms with van der Waals surface area (Å²) < 4.78 is 0. The van der Waals surface area contributed by atoms with Crippen LogP contribution in [0.25, 0.3) is 0 Å².